The molecule has 466 valence electrons. The van der Waals surface area contributed by atoms with Gasteiger partial charge < -0.3 is 61.9 Å². The summed E-state index contributed by atoms with van der Waals surface area (Å²) in [6, 6.07) is 26.9. The Morgan fingerprint density at radius 2 is 1.31 bits per heavy atom. The number of nitrogens with two attached hydrogens (primary N) is 1. The van der Waals surface area contributed by atoms with Crippen molar-refractivity contribution in [3.63, 3.8) is 0 Å². The number of nitrogens with one attached hydrogen (secondary N) is 6. The second-order valence-corrected chi connectivity index (χ2v) is 21.9. The van der Waals surface area contributed by atoms with Crippen LogP contribution >= 0.6 is 8.25 Å². The molecule has 0 radical (unpaired) electrons. The van der Waals surface area contributed by atoms with Crippen molar-refractivity contribution in [2.75, 3.05) is 19.7 Å². The van der Waals surface area contributed by atoms with Gasteiger partial charge in [-0.05, 0) is 115 Å². The summed E-state index contributed by atoms with van der Waals surface area (Å²) in [6.45, 7) is 2.64. The highest BCUT2D eigenvalue weighted by molar-refractivity contribution is 7.32. The molecule has 0 aromatic heterocycles. The molecule has 3 aliphatic rings. The van der Waals surface area contributed by atoms with Gasteiger partial charge in [-0.1, -0.05) is 78.9 Å². The maximum absolute atomic E-state index is 14.4. The lowest BCUT2D eigenvalue weighted by atomic mass is 9.90. The first kappa shape index (κ1) is 65.1. The minimum Gasteiger partial charge on any atom is -0.508 e. The van der Waals surface area contributed by atoms with Gasteiger partial charge in [0.15, 0.2) is 5.43 Å². The molecule has 2 aliphatic carbocycles. The number of alkyl halides is 2. The number of carbonyl (C=O) groups excluding carboxylic acids is 7. The monoisotopic (exact) mass is 1240 g/mol. The Balaban J connectivity index is 0.864. The predicted molar refractivity (Wildman–Crippen MR) is 321 cm³/mol. The summed E-state index contributed by atoms with van der Waals surface area (Å²) >= 11 is 0. The van der Waals surface area contributed by atoms with Gasteiger partial charge in [0.2, 0.25) is 29.5 Å². The number of ether oxygens (including phenoxy) is 1. The van der Waals surface area contributed by atoms with E-state index in [0.717, 1.165) is 41.3 Å². The number of benzene rings is 6. The van der Waals surface area contributed by atoms with Crippen LogP contribution in [0.5, 0.6) is 5.75 Å². The predicted octanol–water partition coefficient (Wildman–Crippen LogP) is 6.73. The molecule has 0 bridgehead atoms. The second-order valence-electron chi connectivity index (χ2n) is 21.2. The SMILES string of the molecule is CC(=O)NC(Cc1ccc(C(F)(F)O[PH](=O)O)cc1)C(=O)NC(CCCCNC(=O)OCC1c2ccccc2-c2ccccc21)C(=O)NC(C)C(=O)NC(CCCCNC(=O)c1ccc(-c2c3ccc(=O)cc-3oc3cc(O)ccc23)c(C(=O)O)c1)C(N)=O. The fourth-order valence-corrected chi connectivity index (χ4v) is 10.9. The minimum atomic E-state index is -4.12. The van der Waals surface area contributed by atoms with Crippen molar-refractivity contribution in [1.29, 1.82) is 0 Å². The molecule has 1 aliphatic heterocycles. The number of amides is 7. The fraction of sp³-hybridized carbons (Fsp3) is 0.286. The van der Waals surface area contributed by atoms with Crippen LogP contribution in [-0.2, 0) is 50.3 Å². The van der Waals surface area contributed by atoms with Crippen molar-refractivity contribution in [3.05, 3.63) is 171 Å². The molecule has 11 N–H and O–H groups in total. The molecule has 0 saturated heterocycles. The number of hydrogen-bond donors (Lipinski definition) is 10. The summed E-state index contributed by atoms with van der Waals surface area (Å²) in [5, 5.41) is 36.5. The second kappa shape index (κ2) is 29.2. The van der Waals surface area contributed by atoms with E-state index in [-0.39, 0.29) is 115 Å². The van der Waals surface area contributed by atoms with E-state index in [4.69, 9.17) is 19.8 Å². The average Bonchev–Trinajstić information content (AvgIpc) is 1.70. The standard InChI is InChI=1S/C63H64F2N7O16P/c1-34(57(77)71-50(56(66)76)15-7-9-27-67-58(78)37-19-24-45(48(30-37)61(81)82)55-46-25-22-39(74)31-53(46)87-54-32-40(75)23-26-47(54)55)69-59(79)51(72-60(80)52(70-35(2)73)29-36-17-20-38(21-18-36)63(64,65)88-89(84)85)16-8-10-28-68-62(83)86-33-49-43-13-5-3-11-41(43)42-12-4-6-14-44(42)49/h3-6,11-14,17-26,30-32,34,49-52,74,89H,7-10,15-16,27-29,33H2,1-2H3,(H2,66,76)(H,67,78)(H,68,83)(H,69,79)(H,70,73)(H,71,77)(H,72,80)(H,81,82)(H,84,85). The average molecular weight is 1240 g/mol. The van der Waals surface area contributed by atoms with Gasteiger partial charge in [-0.3, -0.25) is 38.1 Å². The molecule has 5 aromatic carbocycles. The normalized spacial score (nSPS) is 13.6. The van der Waals surface area contributed by atoms with Gasteiger partial charge in [-0.25, -0.2) is 14.1 Å². The molecule has 7 amide bonds. The smallest absolute Gasteiger partial charge is 0.407 e. The number of carboxylic acid groups (broad SMARTS) is 1. The maximum Gasteiger partial charge on any atom is 0.407 e. The number of phenols is 1. The van der Waals surface area contributed by atoms with Crippen molar-refractivity contribution in [2.45, 2.75) is 95.0 Å². The quantitative estimate of drug-likeness (QED) is 0.0138. The number of carbonyl (C=O) groups is 8. The van der Waals surface area contributed by atoms with Gasteiger partial charge in [-0.2, -0.15) is 8.78 Å². The Morgan fingerprint density at radius 3 is 1.96 bits per heavy atom. The number of hydrogen-bond acceptors (Lipinski definition) is 14. The number of primary amides is 1. The lowest BCUT2D eigenvalue weighted by molar-refractivity contribution is -0.186. The molecule has 5 unspecified atom stereocenters. The molecule has 1 heterocycles. The lowest BCUT2D eigenvalue weighted by Crippen LogP contribution is -2.57. The summed E-state index contributed by atoms with van der Waals surface area (Å²) in [5.41, 5.74) is 9.92. The number of phenolic OH excluding ortho intramolecular Hbond substituents is 1. The van der Waals surface area contributed by atoms with Crippen molar-refractivity contribution in [3.8, 4) is 39.3 Å². The van der Waals surface area contributed by atoms with Crippen molar-refractivity contribution in [2.24, 2.45) is 5.73 Å². The molecule has 5 aromatic rings. The molecular weight excluding hydrogens is 1180 g/mol. The van der Waals surface area contributed by atoms with E-state index in [1.807, 2.05) is 48.5 Å². The largest absolute Gasteiger partial charge is 0.508 e. The van der Waals surface area contributed by atoms with E-state index in [9.17, 15) is 66.7 Å². The van der Waals surface area contributed by atoms with E-state index >= 15 is 0 Å². The van der Waals surface area contributed by atoms with Gasteiger partial charge in [0.1, 0.15) is 47.9 Å². The fourth-order valence-electron chi connectivity index (χ4n) is 10.5. The zero-order valence-corrected chi connectivity index (χ0v) is 49.1. The van der Waals surface area contributed by atoms with Crippen LogP contribution in [0.3, 0.4) is 0 Å². The Bertz CT molecular complexity index is 3840. The van der Waals surface area contributed by atoms with Crippen LogP contribution in [0.1, 0.15) is 101 Å². The molecule has 0 fully saturated rings. The van der Waals surface area contributed by atoms with Crippen molar-refractivity contribution < 1.29 is 80.5 Å². The van der Waals surface area contributed by atoms with Crippen LogP contribution in [0.15, 0.2) is 137 Å². The summed E-state index contributed by atoms with van der Waals surface area (Å²) < 4.78 is 55.2. The summed E-state index contributed by atoms with van der Waals surface area (Å²) in [5.74, 6) is -6.31. The maximum atomic E-state index is 14.4. The zero-order valence-electron chi connectivity index (χ0n) is 48.1. The summed E-state index contributed by atoms with van der Waals surface area (Å²) in [4.78, 5) is 127. The van der Waals surface area contributed by atoms with Gasteiger partial charge in [0.25, 0.3) is 5.91 Å². The van der Waals surface area contributed by atoms with Crippen LogP contribution in [0.2, 0.25) is 0 Å². The molecule has 8 rings (SSSR count). The van der Waals surface area contributed by atoms with E-state index in [1.54, 1.807) is 6.07 Å². The van der Waals surface area contributed by atoms with E-state index in [1.165, 1.54) is 67.6 Å². The number of aromatic carboxylic acids is 1. The molecule has 0 spiro atoms. The third-order valence-electron chi connectivity index (χ3n) is 14.9. The van der Waals surface area contributed by atoms with Crippen LogP contribution in [0.25, 0.3) is 44.5 Å². The molecule has 23 nitrogen and oxygen atoms in total. The number of rotatable bonds is 28. The molecule has 0 saturated carbocycles. The Hall–Kier alpha value is -9.84. The van der Waals surface area contributed by atoms with Gasteiger partial charge in [0.05, 0.1) is 11.1 Å². The first-order valence-corrected chi connectivity index (χ1v) is 29.5. The van der Waals surface area contributed by atoms with E-state index < -0.39 is 91.6 Å². The van der Waals surface area contributed by atoms with Gasteiger partial charge in [-0.15, -0.1) is 0 Å². The van der Waals surface area contributed by atoms with Crippen LogP contribution < -0.4 is 43.1 Å². The molecule has 26 heteroatoms. The number of alkyl carbamates (subject to hydrolysis) is 1. The van der Waals surface area contributed by atoms with Crippen molar-refractivity contribution in [1.82, 2.24) is 31.9 Å². The van der Waals surface area contributed by atoms with Crippen LogP contribution in [0, 0.1) is 0 Å². The van der Waals surface area contributed by atoms with Gasteiger partial charge >= 0.3 is 26.4 Å². The highest BCUT2D eigenvalue weighted by Gasteiger charge is 2.36. The van der Waals surface area contributed by atoms with E-state index in [2.05, 4.69) is 36.4 Å². The topological polar surface area (TPSA) is 361 Å². The number of fused-ring (bicyclic) bond motifs is 5. The third-order valence-corrected chi connectivity index (χ3v) is 15.3. The number of unbranched alkanes of at least 4 members (excludes halogenated alkanes) is 2. The van der Waals surface area contributed by atoms with Crippen LogP contribution in [-0.4, -0.2) is 106 Å². The molecule has 89 heavy (non-hydrogen) atoms. The lowest BCUT2D eigenvalue weighted by Gasteiger charge is -2.25. The summed E-state index contributed by atoms with van der Waals surface area (Å²) in [6.07, 6.45) is -4.22. The first-order valence-electron chi connectivity index (χ1n) is 28.3. The Kier molecular flexibility index (Phi) is 21.4. The number of aromatic hydroxyl groups is 1. The summed E-state index contributed by atoms with van der Waals surface area (Å²) in [7, 11) is -4.03. The Labute approximate surface area is 508 Å². The number of halogens is 2. The number of carboxylic acids is 1. The minimum absolute atomic E-state index is 0.00283. The van der Waals surface area contributed by atoms with E-state index in [0.29, 0.717) is 16.5 Å². The van der Waals surface area contributed by atoms with Crippen molar-refractivity contribution >= 4 is 66.7 Å². The highest BCUT2D eigenvalue weighted by Crippen LogP contribution is 2.45. The zero-order chi connectivity index (χ0) is 64.1. The van der Waals surface area contributed by atoms with Crippen LogP contribution in [0.4, 0.5) is 13.6 Å². The van der Waals surface area contributed by atoms with Gasteiger partial charge in [0, 0.05) is 66.6 Å². The third kappa shape index (κ3) is 16.6. The molecular formula is C63H64F2N7O16P. The Morgan fingerprint density at radius 1 is 0.697 bits per heavy atom. The first-order chi connectivity index (χ1) is 42.5. The highest BCUT2D eigenvalue weighted by atomic mass is 31.1. The molecule has 5 atom stereocenters.